The molecule has 1 aromatic heterocycles. The predicted octanol–water partition coefficient (Wildman–Crippen LogP) is 5.46. The van der Waals surface area contributed by atoms with Gasteiger partial charge >= 0.3 is 0 Å². The van der Waals surface area contributed by atoms with Gasteiger partial charge in [0.25, 0.3) is 0 Å². The van der Waals surface area contributed by atoms with Gasteiger partial charge in [-0.3, -0.25) is 0 Å². The lowest BCUT2D eigenvalue weighted by atomic mass is 9.71. The molecule has 3 heterocycles. The molecule has 0 amide bonds. The predicted molar refractivity (Wildman–Crippen MR) is 126 cm³/mol. The average Bonchev–Trinajstić information content (AvgIpc) is 3.49. The third kappa shape index (κ3) is 4.12. The van der Waals surface area contributed by atoms with Crippen molar-refractivity contribution in [1.82, 2.24) is 9.88 Å². The van der Waals surface area contributed by atoms with Gasteiger partial charge in [0.15, 0.2) is 0 Å². The molecule has 4 nitrogen and oxygen atoms in total. The number of benzene rings is 1. The van der Waals surface area contributed by atoms with Crippen molar-refractivity contribution in [3.05, 3.63) is 57.5 Å². The minimum atomic E-state index is -0.754. The molecule has 1 atom stereocenters. The molecule has 2 N–H and O–H groups in total. The zero-order chi connectivity index (χ0) is 21.8. The van der Waals surface area contributed by atoms with Crippen molar-refractivity contribution in [3.63, 3.8) is 0 Å². The van der Waals surface area contributed by atoms with E-state index in [9.17, 15) is 5.11 Å². The Morgan fingerprint density at radius 3 is 2.84 bits per heavy atom. The zero-order valence-corrected chi connectivity index (χ0v) is 19.6. The van der Waals surface area contributed by atoms with Gasteiger partial charge in [0.05, 0.1) is 18.8 Å². The van der Waals surface area contributed by atoms with E-state index in [0.717, 1.165) is 60.9 Å². The van der Waals surface area contributed by atoms with Crippen LogP contribution in [0.3, 0.4) is 0 Å². The molecule has 0 radical (unpaired) electrons. The Labute approximate surface area is 190 Å². The van der Waals surface area contributed by atoms with Gasteiger partial charge in [0.1, 0.15) is 5.75 Å². The summed E-state index contributed by atoms with van der Waals surface area (Å²) in [4.78, 5) is 5.76. The Balaban J connectivity index is 1.44. The number of aryl methyl sites for hydroxylation is 1. The number of nitrogens with zero attached hydrogens (tertiary/aromatic N) is 1. The first-order chi connectivity index (χ1) is 14.7. The van der Waals surface area contributed by atoms with Crippen LogP contribution in [-0.2, 0) is 24.8 Å². The van der Waals surface area contributed by atoms with E-state index >= 15 is 0 Å². The number of halogens is 1. The van der Waals surface area contributed by atoms with E-state index < -0.39 is 5.60 Å². The number of aliphatic hydroxyl groups is 1. The summed E-state index contributed by atoms with van der Waals surface area (Å²) in [5, 5.41) is 12.7. The highest BCUT2D eigenvalue weighted by Gasteiger charge is 2.48. The fourth-order valence-electron chi connectivity index (χ4n) is 5.57. The van der Waals surface area contributed by atoms with Crippen LogP contribution < -0.4 is 4.74 Å². The SMILES string of the molecule is CN1C=Cc2cc(CC(O)(CC(C)(C)c3cc(Cl)cc4c3OCCC4)C3CC3)[nH]c2C1. The van der Waals surface area contributed by atoms with Crippen LogP contribution in [0.5, 0.6) is 5.75 Å². The van der Waals surface area contributed by atoms with Crippen molar-refractivity contribution < 1.29 is 9.84 Å². The number of rotatable bonds is 6. The lowest BCUT2D eigenvalue weighted by Gasteiger charge is -2.38. The van der Waals surface area contributed by atoms with Crippen molar-refractivity contribution >= 4 is 17.7 Å². The van der Waals surface area contributed by atoms with Gasteiger partial charge < -0.3 is 19.7 Å². The molecule has 166 valence electrons. The largest absolute Gasteiger partial charge is 0.493 e. The topological polar surface area (TPSA) is 48.5 Å². The second-order valence-corrected chi connectivity index (χ2v) is 10.9. The number of aromatic amines is 1. The molecule has 0 spiro atoms. The first-order valence-electron chi connectivity index (χ1n) is 11.5. The highest BCUT2D eigenvalue weighted by molar-refractivity contribution is 6.30. The summed E-state index contributed by atoms with van der Waals surface area (Å²) in [6.07, 6.45) is 9.81. The van der Waals surface area contributed by atoms with Crippen LogP contribution in [0.15, 0.2) is 24.4 Å². The van der Waals surface area contributed by atoms with E-state index in [-0.39, 0.29) is 5.41 Å². The minimum Gasteiger partial charge on any atom is -0.493 e. The molecule has 5 heteroatoms. The van der Waals surface area contributed by atoms with Crippen molar-refractivity contribution in [2.45, 2.75) is 69.9 Å². The Kier molecular flexibility index (Phi) is 5.14. The third-order valence-electron chi connectivity index (χ3n) is 7.18. The third-order valence-corrected chi connectivity index (χ3v) is 7.40. The number of ether oxygens (including phenoxy) is 1. The molecule has 1 aromatic carbocycles. The molecule has 5 rings (SSSR count). The summed E-state index contributed by atoms with van der Waals surface area (Å²) in [6.45, 7) is 6.08. The van der Waals surface area contributed by atoms with E-state index in [1.165, 1.54) is 16.8 Å². The van der Waals surface area contributed by atoms with Crippen LogP contribution >= 0.6 is 11.6 Å². The second-order valence-electron chi connectivity index (χ2n) is 10.5. The van der Waals surface area contributed by atoms with Crippen molar-refractivity contribution in [2.24, 2.45) is 5.92 Å². The normalized spacial score (nSPS) is 20.1. The minimum absolute atomic E-state index is 0.254. The van der Waals surface area contributed by atoms with Crippen molar-refractivity contribution in [2.75, 3.05) is 13.7 Å². The Morgan fingerprint density at radius 1 is 1.26 bits per heavy atom. The Hall–Kier alpha value is -1.91. The molecule has 1 unspecified atom stereocenters. The van der Waals surface area contributed by atoms with Crippen molar-refractivity contribution in [1.29, 1.82) is 0 Å². The quantitative estimate of drug-likeness (QED) is 0.626. The maximum atomic E-state index is 12.0. The fraction of sp³-hybridized carbons (Fsp3) is 0.538. The lowest BCUT2D eigenvalue weighted by molar-refractivity contribution is -0.00907. The maximum absolute atomic E-state index is 12.0. The summed E-state index contributed by atoms with van der Waals surface area (Å²) in [5.74, 6) is 1.34. The fourth-order valence-corrected chi connectivity index (χ4v) is 5.81. The number of fused-ring (bicyclic) bond motifs is 2. The number of hydrogen-bond acceptors (Lipinski definition) is 3. The van der Waals surface area contributed by atoms with Crippen LogP contribution in [0, 0.1) is 5.92 Å². The number of hydrogen-bond donors (Lipinski definition) is 2. The van der Waals surface area contributed by atoms with E-state index in [2.05, 4.69) is 49.1 Å². The lowest BCUT2D eigenvalue weighted by Crippen LogP contribution is -2.41. The van der Waals surface area contributed by atoms with Crippen LogP contribution in [0.4, 0.5) is 0 Å². The van der Waals surface area contributed by atoms with Gasteiger partial charge in [-0.1, -0.05) is 25.4 Å². The molecule has 1 saturated carbocycles. The molecular weight excluding hydrogens is 408 g/mol. The van der Waals surface area contributed by atoms with Crippen LogP contribution in [0.2, 0.25) is 5.02 Å². The Bertz CT molecular complexity index is 1020. The molecule has 0 bridgehead atoms. The Morgan fingerprint density at radius 2 is 2.06 bits per heavy atom. The highest BCUT2D eigenvalue weighted by atomic mass is 35.5. The molecular formula is C26H33ClN2O2. The average molecular weight is 441 g/mol. The number of aromatic nitrogens is 1. The first kappa shape index (κ1) is 21.0. The summed E-state index contributed by atoms with van der Waals surface area (Å²) >= 11 is 6.50. The summed E-state index contributed by atoms with van der Waals surface area (Å²) < 4.78 is 6.11. The zero-order valence-electron chi connectivity index (χ0n) is 18.8. The number of nitrogens with one attached hydrogen (secondary N) is 1. The van der Waals surface area contributed by atoms with E-state index in [1.54, 1.807) is 0 Å². The molecule has 2 aliphatic heterocycles. The van der Waals surface area contributed by atoms with Gasteiger partial charge in [-0.25, -0.2) is 0 Å². The highest BCUT2D eigenvalue weighted by Crippen LogP contribution is 2.50. The standard InChI is InChI=1S/C26H33ClN2O2/c1-25(2,22-13-20(27)11-18-5-4-10-31-24(18)22)16-26(30,19-6-7-19)14-21-12-17-8-9-29(3)15-23(17)28-21/h8-9,11-13,19,28,30H,4-7,10,14-16H2,1-3H3. The van der Waals surface area contributed by atoms with Crippen LogP contribution in [0.1, 0.15) is 67.6 Å². The van der Waals surface area contributed by atoms with Gasteiger partial charge in [-0.05, 0) is 85.0 Å². The van der Waals surface area contributed by atoms with E-state index in [1.807, 2.05) is 12.1 Å². The maximum Gasteiger partial charge on any atom is 0.126 e. The molecule has 1 fully saturated rings. The summed E-state index contributed by atoms with van der Waals surface area (Å²) in [6, 6.07) is 6.30. The van der Waals surface area contributed by atoms with E-state index in [4.69, 9.17) is 16.3 Å². The molecule has 2 aromatic rings. The molecule has 0 saturated heterocycles. The smallest absolute Gasteiger partial charge is 0.126 e. The van der Waals surface area contributed by atoms with Crippen molar-refractivity contribution in [3.8, 4) is 5.75 Å². The van der Waals surface area contributed by atoms with E-state index in [0.29, 0.717) is 18.8 Å². The van der Waals surface area contributed by atoms with Gasteiger partial charge in [-0.2, -0.15) is 0 Å². The van der Waals surface area contributed by atoms with Crippen LogP contribution in [0.25, 0.3) is 6.08 Å². The summed E-state index contributed by atoms with van der Waals surface area (Å²) in [7, 11) is 2.08. The second kappa shape index (κ2) is 7.60. The van der Waals surface area contributed by atoms with Crippen LogP contribution in [-0.4, -0.2) is 34.2 Å². The van der Waals surface area contributed by atoms with Gasteiger partial charge in [0, 0.05) is 35.4 Å². The number of H-pyrrole nitrogens is 1. The first-order valence-corrected chi connectivity index (χ1v) is 11.9. The summed E-state index contributed by atoms with van der Waals surface area (Å²) in [5.41, 5.74) is 4.91. The molecule has 3 aliphatic rings. The molecule has 1 aliphatic carbocycles. The van der Waals surface area contributed by atoms with Gasteiger partial charge in [0.2, 0.25) is 0 Å². The molecule has 31 heavy (non-hydrogen) atoms. The van der Waals surface area contributed by atoms with Gasteiger partial charge in [-0.15, -0.1) is 0 Å². The monoisotopic (exact) mass is 440 g/mol.